The zero-order valence-electron chi connectivity index (χ0n) is 11.2. The van der Waals surface area contributed by atoms with Crippen molar-refractivity contribution in [3.8, 4) is 0 Å². The van der Waals surface area contributed by atoms with Gasteiger partial charge in [-0.05, 0) is 37.1 Å². The van der Waals surface area contributed by atoms with Crippen molar-refractivity contribution in [1.82, 2.24) is 4.31 Å². The number of hydrogen-bond acceptors (Lipinski definition) is 4. The van der Waals surface area contributed by atoms with Crippen LogP contribution in [0.15, 0.2) is 29.2 Å². The van der Waals surface area contributed by atoms with E-state index in [0.29, 0.717) is 25.9 Å². The van der Waals surface area contributed by atoms with E-state index in [1.165, 1.54) is 4.31 Å². The van der Waals surface area contributed by atoms with E-state index in [9.17, 15) is 13.2 Å². The van der Waals surface area contributed by atoms with Crippen LogP contribution in [-0.2, 0) is 21.2 Å². The Balaban J connectivity index is 2.16. The highest BCUT2D eigenvalue weighted by Gasteiger charge is 2.34. The molecule has 1 aliphatic heterocycles. The Labute approximate surface area is 118 Å². The lowest BCUT2D eigenvalue weighted by Crippen LogP contribution is -2.31. The Morgan fingerprint density at radius 2 is 1.95 bits per heavy atom. The maximum atomic E-state index is 12.4. The van der Waals surface area contributed by atoms with E-state index in [4.69, 9.17) is 11.5 Å². The summed E-state index contributed by atoms with van der Waals surface area (Å²) in [6, 6.07) is 6.69. The zero-order chi connectivity index (χ0) is 14.8. The van der Waals surface area contributed by atoms with Gasteiger partial charge in [0.15, 0.2) is 0 Å². The van der Waals surface area contributed by atoms with Crippen LogP contribution < -0.4 is 11.5 Å². The molecule has 20 heavy (non-hydrogen) atoms. The summed E-state index contributed by atoms with van der Waals surface area (Å²) in [6.07, 6.45) is 1.20. The maximum absolute atomic E-state index is 12.4. The molecule has 110 valence electrons. The van der Waals surface area contributed by atoms with Crippen LogP contribution in [0.25, 0.3) is 0 Å². The van der Waals surface area contributed by atoms with Gasteiger partial charge in [-0.15, -0.1) is 0 Å². The Bertz CT molecular complexity index is 583. The summed E-state index contributed by atoms with van der Waals surface area (Å²) in [4.78, 5) is 11.4. The molecule has 1 aliphatic rings. The molecule has 0 aliphatic carbocycles. The van der Waals surface area contributed by atoms with Crippen LogP contribution in [-0.4, -0.2) is 38.3 Å². The summed E-state index contributed by atoms with van der Waals surface area (Å²) < 4.78 is 26.2. The Kier molecular flexibility index (Phi) is 4.42. The van der Waals surface area contributed by atoms with Crippen LogP contribution >= 0.6 is 0 Å². The van der Waals surface area contributed by atoms with Crippen LogP contribution in [0.3, 0.4) is 0 Å². The van der Waals surface area contributed by atoms with Gasteiger partial charge in [0.25, 0.3) is 0 Å². The molecule has 0 spiro atoms. The first-order valence-electron chi connectivity index (χ1n) is 6.53. The second-order valence-corrected chi connectivity index (χ2v) is 6.87. The quantitative estimate of drug-likeness (QED) is 0.777. The molecule has 1 saturated heterocycles. The molecule has 6 nitrogen and oxygen atoms in total. The summed E-state index contributed by atoms with van der Waals surface area (Å²) in [5.74, 6) is -0.831. The molecule has 1 unspecified atom stereocenters. The van der Waals surface area contributed by atoms with Crippen molar-refractivity contribution in [2.45, 2.75) is 17.7 Å². The number of carbonyl (C=O) groups excluding carboxylic acids is 1. The third kappa shape index (κ3) is 3.00. The number of amides is 1. The summed E-state index contributed by atoms with van der Waals surface area (Å²) in [5, 5.41) is 0. The van der Waals surface area contributed by atoms with Crippen molar-refractivity contribution in [2.75, 3.05) is 19.6 Å². The van der Waals surface area contributed by atoms with Gasteiger partial charge in [-0.25, -0.2) is 8.42 Å². The number of nitrogens with zero attached hydrogens (tertiary/aromatic N) is 1. The Hall–Kier alpha value is -1.44. The highest BCUT2D eigenvalue weighted by Crippen LogP contribution is 2.24. The second-order valence-electron chi connectivity index (χ2n) is 4.93. The van der Waals surface area contributed by atoms with Gasteiger partial charge in [-0.2, -0.15) is 4.31 Å². The van der Waals surface area contributed by atoms with E-state index in [1.54, 1.807) is 24.3 Å². The van der Waals surface area contributed by atoms with Gasteiger partial charge >= 0.3 is 0 Å². The average molecular weight is 297 g/mol. The molecule has 1 heterocycles. The van der Waals surface area contributed by atoms with Crippen LogP contribution in [0.5, 0.6) is 0 Å². The van der Waals surface area contributed by atoms with Crippen molar-refractivity contribution in [1.29, 1.82) is 0 Å². The fourth-order valence-electron chi connectivity index (χ4n) is 2.32. The summed E-state index contributed by atoms with van der Waals surface area (Å²) in [5.41, 5.74) is 11.7. The smallest absolute Gasteiger partial charge is 0.243 e. The fourth-order valence-corrected chi connectivity index (χ4v) is 3.82. The normalized spacial score (nSPS) is 20.1. The first-order valence-corrected chi connectivity index (χ1v) is 7.97. The fraction of sp³-hybridized carbons (Fsp3) is 0.462. The van der Waals surface area contributed by atoms with E-state index in [-0.39, 0.29) is 17.4 Å². The van der Waals surface area contributed by atoms with Crippen molar-refractivity contribution in [3.05, 3.63) is 29.8 Å². The lowest BCUT2D eigenvalue weighted by atomic mass is 10.1. The van der Waals surface area contributed by atoms with Gasteiger partial charge in [0.1, 0.15) is 0 Å². The number of hydrogen-bond donors (Lipinski definition) is 2. The molecule has 0 saturated carbocycles. The topological polar surface area (TPSA) is 106 Å². The van der Waals surface area contributed by atoms with Crippen molar-refractivity contribution < 1.29 is 13.2 Å². The predicted octanol–water partition coefficient (Wildman–Crippen LogP) is -0.316. The zero-order valence-corrected chi connectivity index (χ0v) is 12.0. The monoisotopic (exact) mass is 297 g/mol. The largest absolute Gasteiger partial charge is 0.369 e. The van der Waals surface area contributed by atoms with E-state index >= 15 is 0 Å². The Morgan fingerprint density at radius 3 is 2.45 bits per heavy atom. The molecular weight excluding hydrogens is 278 g/mol. The third-order valence-corrected chi connectivity index (χ3v) is 5.43. The van der Waals surface area contributed by atoms with Crippen LogP contribution in [0.4, 0.5) is 0 Å². The maximum Gasteiger partial charge on any atom is 0.243 e. The highest BCUT2D eigenvalue weighted by atomic mass is 32.2. The molecule has 1 aromatic rings. The van der Waals surface area contributed by atoms with E-state index < -0.39 is 15.9 Å². The second kappa shape index (κ2) is 5.90. The Morgan fingerprint density at radius 1 is 1.30 bits per heavy atom. The van der Waals surface area contributed by atoms with Gasteiger partial charge < -0.3 is 11.5 Å². The predicted molar refractivity (Wildman–Crippen MR) is 75.3 cm³/mol. The number of nitrogens with two attached hydrogens (primary N) is 2. The number of primary amides is 1. The lowest BCUT2D eigenvalue weighted by Gasteiger charge is -2.16. The first-order chi connectivity index (χ1) is 9.45. The molecule has 1 aromatic carbocycles. The van der Waals surface area contributed by atoms with Gasteiger partial charge in [-0.1, -0.05) is 12.1 Å². The number of benzene rings is 1. The van der Waals surface area contributed by atoms with Gasteiger partial charge in [0.2, 0.25) is 15.9 Å². The average Bonchev–Trinajstić information content (AvgIpc) is 2.90. The van der Waals surface area contributed by atoms with E-state index in [2.05, 4.69) is 0 Å². The molecule has 1 amide bonds. The van der Waals surface area contributed by atoms with E-state index in [0.717, 1.165) is 5.56 Å². The molecule has 0 radical (unpaired) electrons. The minimum atomic E-state index is -3.54. The van der Waals surface area contributed by atoms with Crippen LogP contribution in [0.1, 0.15) is 12.0 Å². The lowest BCUT2D eigenvalue weighted by molar-refractivity contribution is -0.121. The number of carbonyl (C=O) groups is 1. The molecule has 0 bridgehead atoms. The highest BCUT2D eigenvalue weighted by molar-refractivity contribution is 7.89. The molecule has 7 heteroatoms. The number of sulfonamides is 1. The van der Waals surface area contributed by atoms with Gasteiger partial charge in [0, 0.05) is 13.1 Å². The van der Waals surface area contributed by atoms with Crippen LogP contribution in [0.2, 0.25) is 0 Å². The van der Waals surface area contributed by atoms with Crippen molar-refractivity contribution in [3.63, 3.8) is 0 Å². The molecule has 4 N–H and O–H groups in total. The SMILES string of the molecule is NCCc1ccc(S(=O)(=O)N2CCC(C(N)=O)C2)cc1. The molecule has 1 fully saturated rings. The standard InChI is InChI=1S/C13H19N3O3S/c14-7-5-10-1-3-12(4-2-10)20(18,19)16-8-6-11(9-16)13(15)17/h1-4,11H,5-9,14H2,(H2,15,17). The summed E-state index contributed by atoms with van der Waals surface area (Å²) in [6.45, 7) is 1.03. The van der Waals surface area contributed by atoms with E-state index in [1.807, 2.05) is 0 Å². The summed E-state index contributed by atoms with van der Waals surface area (Å²) in [7, 11) is -3.54. The van der Waals surface area contributed by atoms with Gasteiger partial charge in [-0.3, -0.25) is 4.79 Å². The molecule has 2 rings (SSSR count). The third-order valence-electron chi connectivity index (χ3n) is 3.55. The van der Waals surface area contributed by atoms with Gasteiger partial charge in [0.05, 0.1) is 10.8 Å². The number of rotatable bonds is 5. The minimum absolute atomic E-state index is 0.169. The van der Waals surface area contributed by atoms with Crippen LogP contribution in [0, 0.1) is 5.92 Å². The molecular formula is C13H19N3O3S. The molecule has 0 aromatic heterocycles. The minimum Gasteiger partial charge on any atom is -0.369 e. The summed E-state index contributed by atoms with van der Waals surface area (Å²) >= 11 is 0. The molecule has 1 atom stereocenters. The van der Waals surface area contributed by atoms with Crippen molar-refractivity contribution >= 4 is 15.9 Å². The van der Waals surface area contributed by atoms with Crippen molar-refractivity contribution in [2.24, 2.45) is 17.4 Å². The first kappa shape index (κ1) is 15.0.